The lowest BCUT2D eigenvalue weighted by Crippen LogP contribution is -2.38. The van der Waals surface area contributed by atoms with Gasteiger partial charge in [-0.1, -0.05) is 84.9 Å². The molecule has 0 saturated heterocycles. The number of hydrogen-bond donors (Lipinski definition) is 0. The Kier molecular flexibility index (Phi) is 8.67. The van der Waals surface area contributed by atoms with Crippen molar-refractivity contribution < 1.29 is 23.7 Å². The normalized spacial score (nSPS) is 20.0. The molecule has 0 N–H and O–H groups in total. The molecule has 0 fully saturated rings. The van der Waals surface area contributed by atoms with Crippen LogP contribution in [0.5, 0.6) is 5.75 Å². The number of hydrogen-bond acceptors (Lipinski definition) is 5. The second kappa shape index (κ2) is 12.3. The Morgan fingerprint density at radius 3 is 2.09 bits per heavy atom. The van der Waals surface area contributed by atoms with E-state index in [1.807, 2.05) is 66.7 Å². The summed E-state index contributed by atoms with van der Waals surface area (Å²) in [4.78, 5) is 0. The molecule has 5 nitrogen and oxygen atoms in total. The summed E-state index contributed by atoms with van der Waals surface area (Å²) in [5, 5.41) is 0. The summed E-state index contributed by atoms with van der Waals surface area (Å²) in [6, 6.07) is 28.2. The molecule has 1 heterocycles. The highest BCUT2D eigenvalue weighted by Gasteiger charge is 2.29. The molecule has 4 rings (SSSR count). The standard InChI is InChI=1S/C28H30O5/c1-29-21-32-25-14-12-24(13-15-25)26-16-17-27(31-19-23-10-6-3-7-11-23)28(33-26)20-30-18-22-8-4-2-5-9-22/h2-17,26-28H,18-21H2,1H3/t26-,27+,28-/m1/s1. The van der Waals surface area contributed by atoms with Crippen molar-refractivity contribution in [1.82, 2.24) is 0 Å². The van der Waals surface area contributed by atoms with Crippen LogP contribution in [0, 0.1) is 0 Å². The molecule has 0 aromatic heterocycles. The van der Waals surface area contributed by atoms with E-state index in [9.17, 15) is 0 Å². The number of methoxy groups -OCH3 is 1. The van der Waals surface area contributed by atoms with E-state index in [2.05, 4.69) is 30.3 Å². The zero-order chi connectivity index (χ0) is 22.7. The SMILES string of the molecule is COCOc1ccc([C@H]2C=C[C@H](OCc3ccccc3)[C@@H](COCc3ccccc3)O2)cc1. The van der Waals surface area contributed by atoms with Crippen molar-refractivity contribution in [2.24, 2.45) is 0 Å². The maximum atomic E-state index is 6.43. The Bertz CT molecular complexity index is 972. The largest absolute Gasteiger partial charge is 0.468 e. The molecule has 3 aromatic rings. The maximum absolute atomic E-state index is 6.43. The molecule has 172 valence electrons. The minimum Gasteiger partial charge on any atom is -0.468 e. The first-order valence-electron chi connectivity index (χ1n) is 11.1. The van der Waals surface area contributed by atoms with E-state index in [4.69, 9.17) is 23.7 Å². The van der Waals surface area contributed by atoms with Gasteiger partial charge in [0, 0.05) is 7.11 Å². The zero-order valence-electron chi connectivity index (χ0n) is 18.8. The number of rotatable bonds is 11. The second-order valence-electron chi connectivity index (χ2n) is 7.86. The van der Waals surface area contributed by atoms with Crippen molar-refractivity contribution in [3.8, 4) is 5.75 Å². The Balaban J connectivity index is 1.41. The summed E-state index contributed by atoms with van der Waals surface area (Å²) in [5.74, 6) is 0.757. The molecule has 1 aliphatic heterocycles. The van der Waals surface area contributed by atoms with Crippen LogP contribution in [0.1, 0.15) is 22.8 Å². The Morgan fingerprint density at radius 1 is 0.758 bits per heavy atom. The molecule has 0 amide bonds. The van der Waals surface area contributed by atoms with Crippen LogP contribution in [-0.4, -0.2) is 32.7 Å². The predicted molar refractivity (Wildman–Crippen MR) is 127 cm³/mol. The van der Waals surface area contributed by atoms with E-state index < -0.39 is 0 Å². The quantitative estimate of drug-likeness (QED) is 0.289. The van der Waals surface area contributed by atoms with Crippen molar-refractivity contribution in [3.05, 3.63) is 114 Å². The molecule has 33 heavy (non-hydrogen) atoms. The third-order valence-electron chi connectivity index (χ3n) is 5.39. The highest BCUT2D eigenvalue weighted by molar-refractivity contribution is 5.31. The summed E-state index contributed by atoms with van der Waals surface area (Å²) >= 11 is 0. The molecular formula is C28H30O5. The highest BCUT2D eigenvalue weighted by Crippen LogP contribution is 2.29. The first-order valence-corrected chi connectivity index (χ1v) is 11.1. The predicted octanol–water partition coefficient (Wildman–Crippen LogP) is 5.47. The zero-order valence-corrected chi connectivity index (χ0v) is 18.8. The van der Waals surface area contributed by atoms with Crippen molar-refractivity contribution in [2.75, 3.05) is 20.5 Å². The van der Waals surface area contributed by atoms with Gasteiger partial charge in [-0.05, 0) is 28.8 Å². The summed E-state index contributed by atoms with van der Waals surface area (Å²) in [5.41, 5.74) is 3.31. The molecule has 3 atom stereocenters. The van der Waals surface area contributed by atoms with Gasteiger partial charge in [0.05, 0.1) is 19.8 Å². The average molecular weight is 447 g/mol. The van der Waals surface area contributed by atoms with Gasteiger partial charge >= 0.3 is 0 Å². The number of ether oxygens (including phenoxy) is 5. The third-order valence-corrected chi connectivity index (χ3v) is 5.39. The fraction of sp³-hybridized carbons (Fsp3) is 0.286. The summed E-state index contributed by atoms with van der Waals surface area (Å²) in [6.45, 7) is 1.71. The highest BCUT2D eigenvalue weighted by atomic mass is 16.7. The van der Waals surface area contributed by atoms with Crippen LogP contribution in [0.25, 0.3) is 0 Å². The monoisotopic (exact) mass is 446 g/mol. The number of benzene rings is 3. The third kappa shape index (κ3) is 7.01. The van der Waals surface area contributed by atoms with E-state index in [1.54, 1.807) is 7.11 Å². The van der Waals surface area contributed by atoms with Crippen LogP contribution in [-0.2, 0) is 32.2 Å². The van der Waals surface area contributed by atoms with E-state index in [0.29, 0.717) is 19.8 Å². The van der Waals surface area contributed by atoms with Crippen LogP contribution in [0.3, 0.4) is 0 Å². The van der Waals surface area contributed by atoms with Gasteiger partial charge in [0.25, 0.3) is 0 Å². The summed E-state index contributed by atoms with van der Waals surface area (Å²) in [6.07, 6.45) is 3.54. The lowest BCUT2D eigenvalue weighted by Gasteiger charge is -2.32. The Labute approximate surface area is 195 Å². The average Bonchev–Trinajstić information content (AvgIpc) is 2.88. The molecule has 0 unspecified atom stereocenters. The molecule has 0 radical (unpaired) electrons. The van der Waals surface area contributed by atoms with Crippen molar-refractivity contribution in [1.29, 1.82) is 0 Å². The van der Waals surface area contributed by atoms with Crippen LogP contribution in [0.15, 0.2) is 97.1 Å². The molecule has 0 aliphatic carbocycles. The topological polar surface area (TPSA) is 46.2 Å². The smallest absolute Gasteiger partial charge is 0.188 e. The minimum atomic E-state index is -0.225. The van der Waals surface area contributed by atoms with Crippen LogP contribution in [0.2, 0.25) is 0 Å². The van der Waals surface area contributed by atoms with Gasteiger partial charge in [-0.3, -0.25) is 0 Å². The molecule has 3 aromatic carbocycles. The van der Waals surface area contributed by atoms with Crippen LogP contribution in [0.4, 0.5) is 0 Å². The molecule has 5 heteroatoms. The molecule has 1 aliphatic rings. The lowest BCUT2D eigenvalue weighted by atomic mass is 10.0. The summed E-state index contributed by atoms with van der Waals surface area (Å²) < 4.78 is 29.1. The van der Waals surface area contributed by atoms with Gasteiger partial charge in [-0.25, -0.2) is 0 Å². The van der Waals surface area contributed by atoms with Crippen molar-refractivity contribution in [2.45, 2.75) is 31.5 Å². The first-order chi connectivity index (χ1) is 16.3. The molecule has 0 bridgehead atoms. The molecule has 0 saturated carbocycles. The summed E-state index contributed by atoms with van der Waals surface area (Å²) in [7, 11) is 1.60. The Morgan fingerprint density at radius 2 is 1.42 bits per heavy atom. The minimum absolute atomic E-state index is 0.177. The van der Waals surface area contributed by atoms with Crippen molar-refractivity contribution in [3.63, 3.8) is 0 Å². The first kappa shape index (κ1) is 23.2. The van der Waals surface area contributed by atoms with E-state index >= 15 is 0 Å². The fourth-order valence-corrected chi connectivity index (χ4v) is 3.65. The fourth-order valence-electron chi connectivity index (χ4n) is 3.65. The van der Waals surface area contributed by atoms with Crippen LogP contribution >= 0.6 is 0 Å². The Hall–Kier alpha value is -2.96. The van der Waals surface area contributed by atoms with E-state index in [1.165, 1.54) is 0 Å². The van der Waals surface area contributed by atoms with Crippen LogP contribution < -0.4 is 4.74 Å². The van der Waals surface area contributed by atoms with Gasteiger partial charge in [-0.15, -0.1) is 0 Å². The van der Waals surface area contributed by atoms with Gasteiger partial charge < -0.3 is 23.7 Å². The van der Waals surface area contributed by atoms with Gasteiger partial charge in [0.1, 0.15) is 24.1 Å². The maximum Gasteiger partial charge on any atom is 0.188 e. The second-order valence-corrected chi connectivity index (χ2v) is 7.86. The van der Waals surface area contributed by atoms with Gasteiger partial charge in [-0.2, -0.15) is 0 Å². The van der Waals surface area contributed by atoms with E-state index in [0.717, 1.165) is 22.4 Å². The van der Waals surface area contributed by atoms with Gasteiger partial charge in [0.15, 0.2) is 6.79 Å². The van der Waals surface area contributed by atoms with E-state index in [-0.39, 0.29) is 25.1 Å². The molecule has 0 spiro atoms. The lowest BCUT2D eigenvalue weighted by molar-refractivity contribution is -0.120. The van der Waals surface area contributed by atoms with Crippen molar-refractivity contribution >= 4 is 0 Å². The van der Waals surface area contributed by atoms with Gasteiger partial charge in [0.2, 0.25) is 0 Å². The molecular weight excluding hydrogens is 416 g/mol.